The molecule has 19 heavy (non-hydrogen) atoms. The molecule has 0 saturated heterocycles. The lowest BCUT2D eigenvalue weighted by molar-refractivity contribution is -0.123. The molecule has 1 rings (SSSR count). The molecule has 0 saturated carbocycles. The van der Waals surface area contributed by atoms with Gasteiger partial charge in [0.1, 0.15) is 6.54 Å². The highest BCUT2D eigenvalue weighted by atomic mass is 16.2. The number of aromatic nitrogens is 2. The lowest BCUT2D eigenvalue weighted by atomic mass is 10.0. The molecule has 0 aromatic carbocycles. The Balaban J connectivity index is 2.85. The summed E-state index contributed by atoms with van der Waals surface area (Å²) in [6, 6.07) is 0. The summed E-state index contributed by atoms with van der Waals surface area (Å²) in [5, 5.41) is 7.44. The minimum Gasteiger partial charge on any atom is -0.396 e. The molecule has 1 heterocycles. The van der Waals surface area contributed by atoms with Crippen molar-refractivity contribution in [1.82, 2.24) is 15.1 Å². The summed E-state index contributed by atoms with van der Waals surface area (Å²) in [6.45, 7) is 10.4. The second kappa shape index (κ2) is 6.08. The molecule has 108 valence electrons. The molecule has 5 heteroatoms. The van der Waals surface area contributed by atoms with Crippen LogP contribution in [-0.4, -0.2) is 21.2 Å². The molecule has 0 bridgehead atoms. The summed E-state index contributed by atoms with van der Waals surface area (Å²) < 4.78 is 1.73. The second-order valence-corrected chi connectivity index (χ2v) is 5.46. The number of anilines is 1. The summed E-state index contributed by atoms with van der Waals surface area (Å²) in [7, 11) is 0. The number of hydrogen-bond donors (Lipinski definition) is 2. The summed E-state index contributed by atoms with van der Waals surface area (Å²) in [5.74, 6) is -0.0216. The highest BCUT2D eigenvalue weighted by Gasteiger charge is 2.20. The van der Waals surface area contributed by atoms with E-state index in [1.807, 2.05) is 27.7 Å². The Bertz CT molecular complexity index is 449. The summed E-state index contributed by atoms with van der Waals surface area (Å²) in [6.07, 6.45) is 2.46. The van der Waals surface area contributed by atoms with Gasteiger partial charge >= 0.3 is 0 Å². The van der Waals surface area contributed by atoms with E-state index in [1.54, 1.807) is 4.68 Å². The Labute approximate surface area is 115 Å². The predicted octanol–water partition coefficient (Wildman–Crippen LogP) is 1.89. The van der Waals surface area contributed by atoms with Gasteiger partial charge in [-0.1, -0.05) is 20.8 Å². The number of hydrogen-bond acceptors (Lipinski definition) is 3. The Morgan fingerprint density at radius 1 is 1.32 bits per heavy atom. The quantitative estimate of drug-likeness (QED) is 0.826. The van der Waals surface area contributed by atoms with Crippen LogP contribution in [0.15, 0.2) is 0 Å². The van der Waals surface area contributed by atoms with Crippen molar-refractivity contribution in [1.29, 1.82) is 0 Å². The number of carbonyl (C=O) groups is 1. The third-order valence-electron chi connectivity index (χ3n) is 3.50. The summed E-state index contributed by atoms with van der Waals surface area (Å²) >= 11 is 0. The van der Waals surface area contributed by atoms with Gasteiger partial charge in [0, 0.05) is 5.54 Å². The van der Waals surface area contributed by atoms with E-state index in [0.29, 0.717) is 0 Å². The minimum absolute atomic E-state index is 0.0216. The van der Waals surface area contributed by atoms with Crippen LogP contribution in [0, 0.1) is 0 Å². The van der Waals surface area contributed by atoms with E-state index in [2.05, 4.69) is 17.3 Å². The lowest BCUT2D eigenvalue weighted by Gasteiger charge is -2.24. The van der Waals surface area contributed by atoms with Crippen molar-refractivity contribution in [2.45, 2.75) is 66.0 Å². The smallest absolute Gasteiger partial charge is 0.242 e. The SMILES string of the molecule is CCc1nn(CC(=O)NC(C)(C)CC)c(CC)c1N. The molecule has 0 unspecified atom stereocenters. The first-order valence-electron chi connectivity index (χ1n) is 6.99. The topological polar surface area (TPSA) is 72.9 Å². The zero-order valence-electron chi connectivity index (χ0n) is 12.7. The molecule has 0 radical (unpaired) electrons. The summed E-state index contributed by atoms with van der Waals surface area (Å²) in [4.78, 5) is 12.1. The lowest BCUT2D eigenvalue weighted by Crippen LogP contribution is -2.44. The molecule has 0 atom stereocenters. The fourth-order valence-corrected chi connectivity index (χ4v) is 1.97. The van der Waals surface area contributed by atoms with Crippen LogP contribution < -0.4 is 11.1 Å². The van der Waals surface area contributed by atoms with Crippen molar-refractivity contribution < 1.29 is 4.79 Å². The molecule has 1 aromatic rings. The number of nitrogen functional groups attached to an aromatic ring is 1. The number of amides is 1. The highest BCUT2D eigenvalue weighted by Crippen LogP contribution is 2.18. The maximum Gasteiger partial charge on any atom is 0.242 e. The molecule has 0 aliphatic heterocycles. The van der Waals surface area contributed by atoms with Crippen LogP contribution in [0.5, 0.6) is 0 Å². The van der Waals surface area contributed by atoms with Crippen molar-refractivity contribution in [2.75, 3.05) is 5.73 Å². The van der Waals surface area contributed by atoms with Crippen LogP contribution in [0.2, 0.25) is 0 Å². The Morgan fingerprint density at radius 3 is 2.42 bits per heavy atom. The van der Waals surface area contributed by atoms with Crippen LogP contribution >= 0.6 is 0 Å². The summed E-state index contributed by atoms with van der Waals surface area (Å²) in [5.41, 5.74) is 8.40. The van der Waals surface area contributed by atoms with Crippen molar-refractivity contribution in [3.8, 4) is 0 Å². The standard InChI is InChI=1S/C14H26N4O/c1-6-10-13(15)11(7-2)18(17-10)9-12(19)16-14(4,5)8-3/h6-9,15H2,1-5H3,(H,16,19). The van der Waals surface area contributed by atoms with E-state index in [1.165, 1.54) is 0 Å². The molecule has 3 N–H and O–H groups in total. The van der Waals surface area contributed by atoms with Crippen molar-refractivity contribution in [2.24, 2.45) is 0 Å². The van der Waals surface area contributed by atoms with Gasteiger partial charge in [0.05, 0.1) is 17.1 Å². The van der Waals surface area contributed by atoms with E-state index in [9.17, 15) is 4.79 Å². The normalized spacial score (nSPS) is 11.6. The van der Waals surface area contributed by atoms with Crippen LogP contribution in [0.1, 0.15) is 52.4 Å². The van der Waals surface area contributed by atoms with Gasteiger partial charge in [0.15, 0.2) is 0 Å². The third-order valence-corrected chi connectivity index (χ3v) is 3.50. The first-order valence-corrected chi connectivity index (χ1v) is 6.99. The Hall–Kier alpha value is -1.52. The van der Waals surface area contributed by atoms with Gasteiger partial charge in [0.2, 0.25) is 5.91 Å². The fraction of sp³-hybridized carbons (Fsp3) is 0.714. The molecule has 0 aliphatic carbocycles. The first kappa shape index (κ1) is 15.5. The van der Waals surface area contributed by atoms with Crippen LogP contribution in [0.4, 0.5) is 5.69 Å². The van der Waals surface area contributed by atoms with E-state index in [0.717, 1.165) is 36.3 Å². The van der Waals surface area contributed by atoms with Gasteiger partial charge < -0.3 is 11.1 Å². The van der Waals surface area contributed by atoms with Crippen LogP contribution in [0.25, 0.3) is 0 Å². The van der Waals surface area contributed by atoms with Crippen LogP contribution in [-0.2, 0) is 24.2 Å². The number of rotatable bonds is 6. The van der Waals surface area contributed by atoms with Gasteiger partial charge in [-0.05, 0) is 33.1 Å². The van der Waals surface area contributed by atoms with Gasteiger partial charge in [-0.15, -0.1) is 0 Å². The van der Waals surface area contributed by atoms with E-state index in [-0.39, 0.29) is 18.0 Å². The number of nitrogens with one attached hydrogen (secondary N) is 1. The van der Waals surface area contributed by atoms with Crippen molar-refractivity contribution in [3.05, 3.63) is 11.4 Å². The average molecular weight is 266 g/mol. The average Bonchev–Trinajstić information content (AvgIpc) is 2.64. The second-order valence-electron chi connectivity index (χ2n) is 5.46. The molecular formula is C14H26N4O. The van der Waals surface area contributed by atoms with E-state index < -0.39 is 0 Å². The molecule has 1 aromatic heterocycles. The van der Waals surface area contributed by atoms with E-state index in [4.69, 9.17) is 5.73 Å². The maximum absolute atomic E-state index is 12.1. The van der Waals surface area contributed by atoms with E-state index >= 15 is 0 Å². The maximum atomic E-state index is 12.1. The largest absolute Gasteiger partial charge is 0.396 e. The highest BCUT2D eigenvalue weighted by molar-refractivity contribution is 5.76. The fourth-order valence-electron chi connectivity index (χ4n) is 1.97. The van der Waals surface area contributed by atoms with Gasteiger partial charge in [-0.3, -0.25) is 9.48 Å². The monoisotopic (exact) mass is 266 g/mol. The number of nitrogens with two attached hydrogens (primary N) is 1. The molecule has 5 nitrogen and oxygen atoms in total. The Morgan fingerprint density at radius 2 is 1.95 bits per heavy atom. The van der Waals surface area contributed by atoms with Crippen LogP contribution in [0.3, 0.4) is 0 Å². The number of carbonyl (C=O) groups excluding carboxylic acids is 1. The van der Waals surface area contributed by atoms with Gasteiger partial charge in [0.25, 0.3) is 0 Å². The zero-order chi connectivity index (χ0) is 14.6. The third kappa shape index (κ3) is 3.72. The molecule has 0 spiro atoms. The molecule has 1 amide bonds. The molecule has 0 aliphatic rings. The Kier molecular flexibility index (Phi) is 4.97. The van der Waals surface area contributed by atoms with Crippen molar-refractivity contribution >= 4 is 11.6 Å². The minimum atomic E-state index is -0.185. The molecule has 0 fully saturated rings. The molecular weight excluding hydrogens is 240 g/mol. The predicted molar refractivity (Wildman–Crippen MR) is 77.9 cm³/mol. The number of nitrogens with zero attached hydrogens (tertiary/aromatic N) is 2. The van der Waals surface area contributed by atoms with Gasteiger partial charge in [-0.25, -0.2) is 0 Å². The van der Waals surface area contributed by atoms with Crippen molar-refractivity contribution in [3.63, 3.8) is 0 Å². The van der Waals surface area contributed by atoms with Gasteiger partial charge in [-0.2, -0.15) is 5.10 Å². The zero-order valence-corrected chi connectivity index (χ0v) is 12.7. The first-order chi connectivity index (χ1) is 8.84. The number of aryl methyl sites for hydroxylation is 1.